The summed E-state index contributed by atoms with van der Waals surface area (Å²) in [5.41, 5.74) is 0. The van der Waals surface area contributed by atoms with E-state index >= 15 is 0 Å². The van der Waals surface area contributed by atoms with Crippen LogP contribution in [0.15, 0.2) is 11.6 Å². The van der Waals surface area contributed by atoms with E-state index < -0.39 is 0 Å². The van der Waals surface area contributed by atoms with Crippen molar-refractivity contribution in [2.45, 2.75) is 25.3 Å². The first-order valence-electron chi connectivity index (χ1n) is 4.18. The largest absolute Gasteiger partial charge is 0.294 e. The Morgan fingerprint density at radius 3 is 2.75 bits per heavy atom. The van der Waals surface area contributed by atoms with Gasteiger partial charge >= 0.3 is 0 Å². The highest BCUT2D eigenvalue weighted by Gasteiger charge is 2.28. The average Bonchev–Trinajstić information content (AvgIpc) is 2.79. The Morgan fingerprint density at radius 2 is 2.33 bits per heavy atom. The van der Waals surface area contributed by atoms with E-state index in [0.29, 0.717) is 17.5 Å². The van der Waals surface area contributed by atoms with E-state index in [-0.39, 0.29) is 0 Å². The second kappa shape index (κ2) is 4.49. The molecule has 0 saturated heterocycles. The highest BCUT2D eigenvalue weighted by atomic mass is 35.5. The predicted molar refractivity (Wildman–Crippen MR) is 49.8 cm³/mol. The van der Waals surface area contributed by atoms with Crippen molar-refractivity contribution < 1.29 is 0 Å². The van der Waals surface area contributed by atoms with Gasteiger partial charge in [0.2, 0.25) is 0 Å². The van der Waals surface area contributed by atoms with E-state index in [1.807, 2.05) is 0 Å². The summed E-state index contributed by atoms with van der Waals surface area (Å²) in [6.07, 6.45) is 3.08. The molecular formula is C9H13ClN2. The highest BCUT2D eigenvalue weighted by Crippen LogP contribution is 2.27. The quantitative estimate of drug-likeness (QED) is 0.655. The first-order chi connectivity index (χ1) is 5.74. The molecule has 3 heteroatoms. The Bertz CT molecular complexity index is 203. The lowest BCUT2D eigenvalue weighted by atomic mass is 10.3. The van der Waals surface area contributed by atoms with Crippen LogP contribution in [0.5, 0.6) is 0 Å². The lowest BCUT2D eigenvalue weighted by Crippen LogP contribution is -2.28. The number of hydrogen-bond donors (Lipinski definition) is 0. The zero-order valence-electron chi connectivity index (χ0n) is 7.09. The van der Waals surface area contributed by atoms with Gasteiger partial charge in [-0.05, 0) is 12.8 Å². The van der Waals surface area contributed by atoms with E-state index in [9.17, 15) is 0 Å². The van der Waals surface area contributed by atoms with Gasteiger partial charge in [-0.2, -0.15) is 5.26 Å². The van der Waals surface area contributed by atoms with Crippen LogP contribution < -0.4 is 0 Å². The zero-order valence-corrected chi connectivity index (χ0v) is 7.85. The third-order valence-corrected chi connectivity index (χ3v) is 2.07. The van der Waals surface area contributed by atoms with E-state index in [4.69, 9.17) is 16.9 Å². The van der Waals surface area contributed by atoms with Crippen LogP contribution in [0.3, 0.4) is 0 Å². The molecule has 12 heavy (non-hydrogen) atoms. The molecule has 66 valence electrons. The second-order valence-corrected chi connectivity index (χ2v) is 3.66. The summed E-state index contributed by atoms with van der Waals surface area (Å²) in [4.78, 5) is 2.23. The lowest BCUT2D eigenvalue weighted by Gasteiger charge is -2.19. The van der Waals surface area contributed by atoms with Gasteiger partial charge in [-0.3, -0.25) is 4.90 Å². The number of rotatable bonds is 5. The molecule has 0 aromatic carbocycles. The summed E-state index contributed by atoms with van der Waals surface area (Å²) in [6.45, 7) is 5.21. The summed E-state index contributed by atoms with van der Waals surface area (Å²) >= 11 is 5.70. The van der Waals surface area contributed by atoms with Crippen LogP contribution in [-0.2, 0) is 0 Å². The molecule has 0 heterocycles. The number of hydrogen-bond acceptors (Lipinski definition) is 2. The standard InChI is InChI=1S/C9H13ClN2/c1-8(10)7-12(6-2-5-11)9-3-4-9/h9H,1-4,6-7H2. The average molecular weight is 185 g/mol. The van der Waals surface area contributed by atoms with E-state index in [0.717, 1.165) is 13.1 Å². The van der Waals surface area contributed by atoms with Crippen LogP contribution in [0.1, 0.15) is 19.3 Å². The Balaban J connectivity index is 2.28. The van der Waals surface area contributed by atoms with E-state index in [2.05, 4.69) is 17.5 Å². The van der Waals surface area contributed by atoms with Gasteiger partial charge in [0.1, 0.15) is 0 Å². The summed E-state index contributed by atoms with van der Waals surface area (Å²) in [6, 6.07) is 2.80. The van der Waals surface area contributed by atoms with Crippen LogP contribution in [0.25, 0.3) is 0 Å². The minimum Gasteiger partial charge on any atom is -0.294 e. The predicted octanol–water partition coefficient (Wildman–Crippen LogP) is 2.12. The number of nitrogens with zero attached hydrogens (tertiary/aromatic N) is 2. The van der Waals surface area contributed by atoms with Crippen LogP contribution >= 0.6 is 11.6 Å². The maximum atomic E-state index is 8.42. The third-order valence-electron chi connectivity index (χ3n) is 1.95. The van der Waals surface area contributed by atoms with Gasteiger partial charge in [-0.1, -0.05) is 18.2 Å². The fraction of sp³-hybridized carbons (Fsp3) is 0.667. The van der Waals surface area contributed by atoms with E-state index in [1.165, 1.54) is 12.8 Å². The maximum absolute atomic E-state index is 8.42. The topological polar surface area (TPSA) is 27.0 Å². The summed E-state index contributed by atoms with van der Waals surface area (Å²) in [5.74, 6) is 0. The van der Waals surface area contributed by atoms with Crippen molar-refractivity contribution in [3.8, 4) is 6.07 Å². The first-order valence-corrected chi connectivity index (χ1v) is 4.56. The zero-order chi connectivity index (χ0) is 8.97. The molecular weight excluding hydrogens is 172 g/mol. The molecule has 1 rings (SSSR count). The Hall–Kier alpha value is -0.520. The molecule has 0 N–H and O–H groups in total. The van der Waals surface area contributed by atoms with Crippen molar-refractivity contribution >= 4 is 11.6 Å². The van der Waals surface area contributed by atoms with Gasteiger partial charge in [0, 0.05) is 30.6 Å². The Labute approximate surface area is 78.4 Å². The van der Waals surface area contributed by atoms with Gasteiger partial charge in [0.05, 0.1) is 6.07 Å². The van der Waals surface area contributed by atoms with Gasteiger partial charge in [0.25, 0.3) is 0 Å². The van der Waals surface area contributed by atoms with Gasteiger partial charge in [-0.15, -0.1) is 0 Å². The molecule has 0 atom stereocenters. The molecule has 0 amide bonds. The molecule has 1 aliphatic carbocycles. The molecule has 1 fully saturated rings. The van der Waals surface area contributed by atoms with Crippen LogP contribution in [-0.4, -0.2) is 24.0 Å². The van der Waals surface area contributed by atoms with Crippen molar-refractivity contribution in [3.05, 3.63) is 11.6 Å². The molecule has 0 aliphatic heterocycles. The molecule has 0 spiro atoms. The summed E-state index contributed by atoms with van der Waals surface area (Å²) in [5, 5.41) is 9.09. The first kappa shape index (κ1) is 9.57. The number of halogens is 1. The molecule has 0 radical (unpaired) electrons. The fourth-order valence-corrected chi connectivity index (χ4v) is 1.40. The molecule has 1 aliphatic rings. The smallest absolute Gasteiger partial charge is 0.0635 e. The van der Waals surface area contributed by atoms with Crippen LogP contribution in [0.4, 0.5) is 0 Å². The normalized spacial score (nSPS) is 16.1. The molecule has 2 nitrogen and oxygen atoms in total. The summed E-state index contributed by atoms with van der Waals surface area (Å²) < 4.78 is 0. The maximum Gasteiger partial charge on any atom is 0.0635 e. The van der Waals surface area contributed by atoms with Crippen LogP contribution in [0.2, 0.25) is 0 Å². The van der Waals surface area contributed by atoms with Gasteiger partial charge in [0.15, 0.2) is 0 Å². The fourth-order valence-electron chi connectivity index (χ4n) is 1.24. The van der Waals surface area contributed by atoms with E-state index in [1.54, 1.807) is 0 Å². The lowest BCUT2D eigenvalue weighted by molar-refractivity contribution is 0.297. The van der Waals surface area contributed by atoms with Crippen LogP contribution in [0, 0.1) is 11.3 Å². The Morgan fingerprint density at radius 1 is 1.67 bits per heavy atom. The highest BCUT2D eigenvalue weighted by molar-refractivity contribution is 6.29. The van der Waals surface area contributed by atoms with Gasteiger partial charge < -0.3 is 0 Å². The second-order valence-electron chi connectivity index (χ2n) is 3.13. The van der Waals surface area contributed by atoms with Crippen molar-refractivity contribution in [2.75, 3.05) is 13.1 Å². The monoisotopic (exact) mass is 184 g/mol. The minimum atomic E-state index is 0.584. The minimum absolute atomic E-state index is 0.584. The van der Waals surface area contributed by atoms with Crippen molar-refractivity contribution in [1.29, 1.82) is 5.26 Å². The molecule has 1 saturated carbocycles. The van der Waals surface area contributed by atoms with Crippen molar-refractivity contribution in [3.63, 3.8) is 0 Å². The molecule has 0 aromatic heterocycles. The third kappa shape index (κ3) is 3.25. The SMILES string of the molecule is C=C(Cl)CN(CCC#N)C1CC1. The molecule has 0 bridgehead atoms. The molecule has 0 aromatic rings. The van der Waals surface area contributed by atoms with Crippen molar-refractivity contribution in [1.82, 2.24) is 4.90 Å². The van der Waals surface area contributed by atoms with Crippen molar-refractivity contribution in [2.24, 2.45) is 0 Å². The van der Waals surface area contributed by atoms with Gasteiger partial charge in [-0.25, -0.2) is 0 Å². The number of nitriles is 1. The molecule has 0 unspecified atom stereocenters. The Kier molecular flexibility index (Phi) is 3.58. The summed E-state index contributed by atoms with van der Waals surface area (Å²) in [7, 11) is 0.